The lowest BCUT2D eigenvalue weighted by Crippen LogP contribution is -2.28. The van der Waals surface area contributed by atoms with Crippen molar-refractivity contribution in [3.63, 3.8) is 0 Å². The van der Waals surface area contributed by atoms with Crippen LogP contribution in [-0.4, -0.2) is 42.4 Å². The lowest BCUT2D eigenvalue weighted by molar-refractivity contribution is 0.367. The average molecular weight is 196 g/mol. The van der Waals surface area contributed by atoms with Gasteiger partial charge in [-0.3, -0.25) is 4.79 Å². The van der Waals surface area contributed by atoms with Crippen LogP contribution < -0.4 is 10.9 Å². The zero-order valence-electron chi connectivity index (χ0n) is 8.82. The molecule has 14 heavy (non-hydrogen) atoms. The molecule has 0 aliphatic rings. The van der Waals surface area contributed by atoms with Crippen LogP contribution in [0, 0.1) is 0 Å². The van der Waals surface area contributed by atoms with Crippen LogP contribution in [0.3, 0.4) is 0 Å². The van der Waals surface area contributed by atoms with Gasteiger partial charge in [0, 0.05) is 19.7 Å². The Hall–Kier alpha value is -1.36. The first-order chi connectivity index (χ1) is 6.63. The molecule has 1 heterocycles. The number of nitrogens with one attached hydrogen (secondary N) is 1. The molecule has 0 radical (unpaired) electrons. The van der Waals surface area contributed by atoms with Gasteiger partial charge < -0.3 is 10.2 Å². The number of hydrogen-bond donors (Lipinski definition) is 1. The molecule has 0 atom stereocenters. The molecule has 0 spiro atoms. The van der Waals surface area contributed by atoms with Gasteiger partial charge in [-0.25, -0.2) is 4.68 Å². The maximum absolute atomic E-state index is 11.5. The molecule has 0 aliphatic heterocycles. The maximum atomic E-state index is 11.5. The van der Waals surface area contributed by atoms with Crippen molar-refractivity contribution >= 4 is 5.69 Å². The minimum atomic E-state index is -0.0706. The number of anilines is 1. The molecule has 0 fully saturated rings. The van der Waals surface area contributed by atoms with Crippen molar-refractivity contribution in [3.8, 4) is 0 Å². The summed E-state index contributed by atoms with van der Waals surface area (Å²) < 4.78 is 1.46. The fraction of sp³-hybridized carbons (Fsp3) is 0.556. The van der Waals surface area contributed by atoms with E-state index in [2.05, 4.69) is 10.4 Å². The number of aromatic nitrogens is 2. The highest BCUT2D eigenvalue weighted by Crippen LogP contribution is 1.96. The maximum Gasteiger partial charge on any atom is 0.268 e. The first kappa shape index (κ1) is 10.7. The van der Waals surface area contributed by atoms with Gasteiger partial charge in [-0.15, -0.1) is 0 Å². The van der Waals surface area contributed by atoms with Gasteiger partial charge in [0.2, 0.25) is 0 Å². The minimum absolute atomic E-state index is 0.0706. The Morgan fingerprint density at radius 2 is 2.29 bits per heavy atom. The van der Waals surface area contributed by atoms with Crippen molar-refractivity contribution in [2.45, 2.75) is 6.54 Å². The Morgan fingerprint density at radius 3 is 2.79 bits per heavy atom. The van der Waals surface area contributed by atoms with Crippen LogP contribution in [0.5, 0.6) is 0 Å². The second-order valence-electron chi connectivity index (χ2n) is 3.36. The SMILES string of the molecule is CNc1cnn(CCN(C)C)c(=O)c1. The van der Waals surface area contributed by atoms with E-state index in [-0.39, 0.29) is 5.56 Å². The molecule has 1 aromatic rings. The van der Waals surface area contributed by atoms with Gasteiger partial charge in [0.25, 0.3) is 5.56 Å². The molecular weight excluding hydrogens is 180 g/mol. The molecule has 1 rings (SSSR count). The Morgan fingerprint density at radius 1 is 1.57 bits per heavy atom. The van der Waals surface area contributed by atoms with Crippen molar-refractivity contribution in [1.82, 2.24) is 14.7 Å². The summed E-state index contributed by atoms with van der Waals surface area (Å²) in [5.41, 5.74) is 0.676. The predicted octanol–water partition coefficient (Wildman–Crippen LogP) is -0.153. The molecule has 1 N–H and O–H groups in total. The molecular formula is C9H16N4O. The number of likely N-dealkylation sites (N-methyl/N-ethyl adjacent to an activating group) is 1. The summed E-state index contributed by atoms with van der Waals surface area (Å²) in [4.78, 5) is 13.5. The van der Waals surface area contributed by atoms with Gasteiger partial charge in [0.05, 0.1) is 18.4 Å². The van der Waals surface area contributed by atoms with E-state index < -0.39 is 0 Å². The third-order valence-corrected chi connectivity index (χ3v) is 1.92. The minimum Gasteiger partial charge on any atom is -0.387 e. The summed E-state index contributed by atoms with van der Waals surface area (Å²) in [6.45, 7) is 1.43. The van der Waals surface area contributed by atoms with Crippen LogP contribution in [-0.2, 0) is 6.54 Å². The summed E-state index contributed by atoms with van der Waals surface area (Å²) in [7, 11) is 5.70. The number of nitrogens with zero attached hydrogens (tertiary/aromatic N) is 3. The second-order valence-corrected chi connectivity index (χ2v) is 3.36. The summed E-state index contributed by atoms with van der Waals surface area (Å²) in [5, 5.41) is 6.91. The number of rotatable bonds is 4. The molecule has 0 unspecified atom stereocenters. The van der Waals surface area contributed by atoms with Gasteiger partial charge in [-0.2, -0.15) is 5.10 Å². The molecule has 0 bridgehead atoms. The van der Waals surface area contributed by atoms with E-state index in [0.717, 1.165) is 12.2 Å². The van der Waals surface area contributed by atoms with Crippen LogP contribution in [0.25, 0.3) is 0 Å². The molecule has 0 aliphatic carbocycles. The van der Waals surface area contributed by atoms with E-state index in [1.54, 1.807) is 19.3 Å². The third-order valence-electron chi connectivity index (χ3n) is 1.92. The lowest BCUT2D eigenvalue weighted by atomic mass is 10.4. The van der Waals surface area contributed by atoms with Gasteiger partial charge in [-0.1, -0.05) is 0 Å². The predicted molar refractivity (Wildman–Crippen MR) is 56.6 cm³/mol. The zero-order valence-corrected chi connectivity index (χ0v) is 8.82. The largest absolute Gasteiger partial charge is 0.387 e. The van der Waals surface area contributed by atoms with Gasteiger partial charge in [-0.05, 0) is 14.1 Å². The zero-order chi connectivity index (χ0) is 10.6. The fourth-order valence-corrected chi connectivity index (χ4v) is 1.03. The van der Waals surface area contributed by atoms with Crippen LogP contribution in [0.15, 0.2) is 17.1 Å². The number of hydrogen-bond acceptors (Lipinski definition) is 4. The first-order valence-electron chi connectivity index (χ1n) is 4.53. The van der Waals surface area contributed by atoms with E-state index >= 15 is 0 Å². The van der Waals surface area contributed by atoms with Crippen LogP contribution in [0.2, 0.25) is 0 Å². The second kappa shape index (κ2) is 4.76. The quantitative estimate of drug-likeness (QED) is 0.727. The molecule has 1 aromatic heterocycles. The van der Waals surface area contributed by atoms with Crippen molar-refractivity contribution in [1.29, 1.82) is 0 Å². The van der Waals surface area contributed by atoms with Gasteiger partial charge in [0.15, 0.2) is 0 Å². The summed E-state index contributed by atoms with van der Waals surface area (Å²) >= 11 is 0. The molecule has 0 saturated heterocycles. The highest BCUT2D eigenvalue weighted by Gasteiger charge is 1.98. The van der Waals surface area contributed by atoms with Crippen molar-refractivity contribution in [3.05, 3.63) is 22.6 Å². The highest BCUT2D eigenvalue weighted by atomic mass is 16.1. The molecule has 5 heteroatoms. The van der Waals surface area contributed by atoms with E-state index in [9.17, 15) is 4.79 Å². The van der Waals surface area contributed by atoms with Crippen LogP contribution in [0.4, 0.5) is 5.69 Å². The van der Waals surface area contributed by atoms with E-state index in [1.807, 2.05) is 19.0 Å². The smallest absolute Gasteiger partial charge is 0.268 e. The molecule has 78 valence electrons. The molecule has 5 nitrogen and oxygen atoms in total. The third kappa shape index (κ3) is 2.85. The van der Waals surface area contributed by atoms with Crippen molar-refractivity contribution in [2.24, 2.45) is 0 Å². The van der Waals surface area contributed by atoms with E-state index in [1.165, 1.54) is 4.68 Å². The Kier molecular flexibility index (Phi) is 3.64. The Balaban J connectivity index is 2.74. The van der Waals surface area contributed by atoms with Gasteiger partial charge >= 0.3 is 0 Å². The summed E-state index contributed by atoms with van der Waals surface area (Å²) in [6.07, 6.45) is 1.65. The van der Waals surface area contributed by atoms with Gasteiger partial charge in [0.1, 0.15) is 0 Å². The first-order valence-corrected chi connectivity index (χ1v) is 4.53. The normalized spacial score (nSPS) is 10.6. The van der Waals surface area contributed by atoms with E-state index in [0.29, 0.717) is 6.54 Å². The van der Waals surface area contributed by atoms with Crippen LogP contribution >= 0.6 is 0 Å². The summed E-state index contributed by atoms with van der Waals surface area (Å²) in [5.74, 6) is 0. The van der Waals surface area contributed by atoms with Crippen LogP contribution in [0.1, 0.15) is 0 Å². The lowest BCUT2D eigenvalue weighted by Gasteiger charge is -2.10. The highest BCUT2D eigenvalue weighted by molar-refractivity contribution is 5.37. The Bertz CT molecular complexity index is 345. The van der Waals surface area contributed by atoms with E-state index in [4.69, 9.17) is 0 Å². The standard InChI is InChI=1S/C9H16N4O/c1-10-8-6-9(14)13(11-7-8)5-4-12(2)3/h6-7,10H,4-5H2,1-3H3. The van der Waals surface area contributed by atoms with Crippen molar-refractivity contribution < 1.29 is 0 Å². The average Bonchev–Trinajstić information content (AvgIpc) is 2.15. The summed E-state index contributed by atoms with van der Waals surface area (Å²) in [6, 6.07) is 1.54. The Labute approximate surface area is 83.3 Å². The topological polar surface area (TPSA) is 50.2 Å². The molecule has 0 aromatic carbocycles. The monoisotopic (exact) mass is 196 g/mol. The molecule has 0 saturated carbocycles. The van der Waals surface area contributed by atoms with Crippen molar-refractivity contribution in [2.75, 3.05) is 33.0 Å². The fourth-order valence-electron chi connectivity index (χ4n) is 1.03. The molecule has 0 amide bonds.